The molecule has 0 amide bonds. The van der Waals surface area contributed by atoms with E-state index in [4.69, 9.17) is 0 Å². The Bertz CT molecular complexity index is 652. The lowest BCUT2D eigenvalue weighted by Gasteiger charge is -2.40. The maximum Gasteiger partial charge on any atom is -0.00129 e. The third kappa shape index (κ3) is 5.47. The summed E-state index contributed by atoms with van der Waals surface area (Å²) < 4.78 is 0. The van der Waals surface area contributed by atoms with Gasteiger partial charge in [0.05, 0.1) is 0 Å². The third-order valence-corrected chi connectivity index (χ3v) is 6.56. The van der Waals surface area contributed by atoms with Crippen molar-refractivity contribution in [3.63, 3.8) is 0 Å². The monoisotopic (exact) mass is 367 g/mol. The molecule has 3 rings (SSSR count). The average molecular weight is 368 g/mol. The molecule has 0 N–H and O–H groups in total. The zero-order chi connectivity index (χ0) is 19.5. The van der Waals surface area contributed by atoms with E-state index in [0.717, 1.165) is 5.92 Å². The quantitative estimate of drug-likeness (QED) is 0.528. The molecule has 0 bridgehead atoms. The Balaban J connectivity index is 1.83. The average Bonchev–Trinajstić information content (AvgIpc) is 2.83. The van der Waals surface area contributed by atoms with Crippen LogP contribution in [-0.4, -0.2) is 24.5 Å². The van der Waals surface area contributed by atoms with Crippen LogP contribution < -0.4 is 0 Å². The second kappa shape index (κ2) is 8.52. The maximum absolute atomic E-state index is 2.71. The van der Waals surface area contributed by atoms with E-state index in [9.17, 15) is 0 Å². The lowest BCUT2D eigenvalue weighted by atomic mass is 9.65. The van der Waals surface area contributed by atoms with E-state index >= 15 is 0 Å². The van der Waals surface area contributed by atoms with Crippen molar-refractivity contribution in [2.75, 3.05) is 19.6 Å². The smallest absolute Gasteiger partial charge is 0.00129 e. The number of allylic oxidation sites excluding steroid dienone is 2. The van der Waals surface area contributed by atoms with Crippen molar-refractivity contribution >= 4 is 5.57 Å². The van der Waals surface area contributed by atoms with Crippen molar-refractivity contribution < 1.29 is 0 Å². The molecule has 0 radical (unpaired) electrons. The van der Waals surface area contributed by atoms with E-state index in [1.54, 1.807) is 16.7 Å². The van der Waals surface area contributed by atoms with Crippen LogP contribution in [0.2, 0.25) is 0 Å². The van der Waals surface area contributed by atoms with Crippen molar-refractivity contribution in [3.8, 4) is 0 Å². The van der Waals surface area contributed by atoms with Crippen LogP contribution in [-0.2, 0) is 0 Å². The highest BCUT2D eigenvalue weighted by molar-refractivity contribution is 5.71. The maximum atomic E-state index is 2.71. The van der Waals surface area contributed by atoms with E-state index in [0.29, 0.717) is 10.8 Å². The lowest BCUT2D eigenvalue weighted by molar-refractivity contribution is 0.228. The molecule has 1 heteroatoms. The van der Waals surface area contributed by atoms with Crippen LogP contribution in [0.5, 0.6) is 0 Å². The molecule has 2 aliphatic rings. The van der Waals surface area contributed by atoms with Gasteiger partial charge in [-0.2, -0.15) is 0 Å². The lowest BCUT2D eigenvalue weighted by Crippen LogP contribution is -2.27. The number of hydrogen-bond donors (Lipinski definition) is 0. The molecule has 1 aromatic carbocycles. The predicted molar refractivity (Wildman–Crippen MR) is 119 cm³/mol. The van der Waals surface area contributed by atoms with Crippen LogP contribution in [0.4, 0.5) is 0 Å². The highest BCUT2D eigenvalue weighted by atomic mass is 15.1. The molecule has 1 saturated heterocycles. The topological polar surface area (TPSA) is 3.24 Å². The summed E-state index contributed by atoms with van der Waals surface area (Å²) in [6.45, 7) is 15.9. The Morgan fingerprint density at radius 1 is 1.04 bits per heavy atom. The number of unbranched alkanes of at least 4 members (excludes halogenated alkanes) is 1. The van der Waals surface area contributed by atoms with Gasteiger partial charge in [0, 0.05) is 0 Å². The largest absolute Gasteiger partial charge is 0.303 e. The van der Waals surface area contributed by atoms with Crippen molar-refractivity contribution in [1.82, 2.24) is 4.90 Å². The van der Waals surface area contributed by atoms with Crippen molar-refractivity contribution in [2.45, 2.75) is 85.5 Å². The van der Waals surface area contributed by atoms with Gasteiger partial charge in [-0.1, -0.05) is 71.4 Å². The second-order valence-electron chi connectivity index (χ2n) is 10.6. The zero-order valence-electron chi connectivity index (χ0n) is 18.5. The van der Waals surface area contributed by atoms with Crippen LogP contribution in [0.3, 0.4) is 0 Å². The Labute approximate surface area is 168 Å². The molecular weight excluding hydrogens is 326 g/mol. The molecule has 1 aromatic rings. The summed E-state index contributed by atoms with van der Waals surface area (Å²) in [6, 6.07) is 9.34. The summed E-state index contributed by atoms with van der Waals surface area (Å²) in [6.07, 6.45) is 11.7. The molecule has 1 aliphatic carbocycles. The van der Waals surface area contributed by atoms with Crippen LogP contribution in [0.25, 0.3) is 5.57 Å². The highest BCUT2D eigenvalue weighted by Crippen LogP contribution is 2.48. The normalized spacial score (nSPS) is 25.7. The fraction of sp³-hybridized carbons (Fsp3) is 0.692. The van der Waals surface area contributed by atoms with E-state index < -0.39 is 0 Å². The fourth-order valence-electron chi connectivity index (χ4n) is 5.78. The Morgan fingerprint density at radius 3 is 2.56 bits per heavy atom. The predicted octanol–water partition coefficient (Wildman–Crippen LogP) is 7.29. The Morgan fingerprint density at radius 2 is 1.81 bits per heavy atom. The number of benzene rings is 1. The van der Waals surface area contributed by atoms with Crippen LogP contribution >= 0.6 is 0 Å². The molecule has 1 heterocycles. The standard InChI is InChI=1S/C26H41N/c1-6-7-15-27-16-10-11-21(14-17-27)23-12-8-9-13-24(23)22-18-25(2,3)20-26(4,5)19-22/h8-9,12-13,18,21H,6-7,10-11,14-17,19-20H2,1-5H3. The number of rotatable bonds is 5. The zero-order valence-corrected chi connectivity index (χ0v) is 18.5. The molecule has 0 spiro atoms. The highest BCUT2D eigenvalue weighted by Gasteiger charge is 2.34. The van der Waals surface area contributed by atoms with Gasteiger partial charge < -0.3 is 4.90 Å². The first-order valence-corrected chi connectivity index (χ1v) is 11.3. The molecule has 0 aromatic heterocycles. The minimum atomic E-state index is 0.296. The molecular formula is C26H41N. The summed E-state index contributed by atoms with van der Waals surface area (Å²) >= 11 is 0. The molecule has 1 fully saturated rings. The molecule has 27 heavy (non-hydrogen) atoms. The molecule has 150 valence electrons. The molecule has 1 aliphatic heterocycles. The van der Waals surface area contributed by atoms with Gasteiger partial charge in [0.25, 0.3) is 0 Å². The minimum absolute atomic E-state index is 0.296. The summed E-state index contributed by atoms with van der Waals surface area (Å²) in [5, 5.41) is 0. The summed E-state index contributed by atoms with van der Waals surface area (Å²) in [7, 11) is 0. The Hall–Kier alpha value is -1.08. The van der Waals surface area contributed by atoms with Gasteiger partial charge in [0.2, 0.25) is 0 Å². The van der Waals surface area contributed by atoms with Gasteiger partial charge in [-0.05, 0) is 91.6 Å². The number of nitrogens with zero attached hydrogens (tertiary/aromatic N) is 1. The fourth-order valence-corrected chi connectivity index (χ4v) is 5.78. The van der Waals surface area contributed by atoms with E-state index in [1.807, 2.05) is 0 Å². The first-order valence-electron chi connectivity index (χ1n) is 11.3. The number of hydrogen-bond acceptors (Lipinski definition) is 1. The molecule has 1 nitrogen and oxygen atoms in total. The van der Waals surface area contributed by atoms with E-state index in [1.165, 1.54) is 64.6 Å². The van der Waals surface area contributed by atoms with Crippen molar-refractivity contribution in [3.05, 3.63) is 41.5 Å². The molecule has 1 atom stereocenters. The van der Waals surface area contributed by atoms with E-state index in [-0.39, 0.29) is 0 Å². The number of likely N-dealkylation sites (tertiary alicyclic amines) is 1. The van der Waals surface area contributed by atoms with Gasteiger partial charge in [0.15, 0.2) is 0 Å². The second-order valence-corrected chi connectivity index (χ2v) is 10.6. The van der Waals surface area contributed by atoms with Gasteiger partial charge in [-0.3, -0.25) is 0 Å². The van der Waals surface area contributed by atoms with E-state index in [2.05, 4.69) is 69.9 Å². The molecule has 1 unspecified atom stereocenters. The van der Waals surface area contributed by atoms with Crippen LogP contribution in [0, 0.1) is 10.8 Å². The molecule has 0 saturated carbocycles. The summed E-state index contributed by atoms with van der Waals surface area (Å²) in [5.74, 6) is 0.724. The van der Waals surface area contributed by atoms with Crippen molar-refractivity contribution in [1.29, 1.82) is 0 Å². The van der Waals surface area contributed by atoms with Gasteiger partial charge in [-0.25, -0.2) is 0 Å². The Kier molecular flexibility index (Phi) is 6.51. The van der Waals surface area contributed by atoms with Crippen molar-refractivity contribution in [2.24, 2.45) is 10.8 Å². The minimum Gasteiger partial charge on any atom is -0.303 e. The third-order valence-electron chi connectivity index (χ3n) is 6.56. The van der Waals surface area contributed by atoms with Gasteiger partial charge in [0.1, 0.15) is 0 Å². The first-order chi connectivity index (χ1) is 12.8. The summed E-state index contributed by atoms with van der Waals surface area (Å²) in [4.78, 5) is 2.71. The first kappa shape index (κ1) is 20.6. The van der Waals surface area contributed by atoms with Crippen LogP contribution in [0.1, 0.15) is 96.6 Å². The van der Waals surface area contributed by atoms with Crippen LogP contribution in [0.15, 0.2) is 30.3 Å². The van der Waals surface area contributed by atoms with Gasteiger partial charge >= 0.3 is 0 Å². The van der Waals surface area contributed by atoms with Gasteiger partial charge in [-0.15, -0.1) is 0 Å². The SMILES string of the molecule is CCCCN1CCCC(c2ccccc2C2=CC(C)(C)CC(C)(C)C2)CC1. The summed E-state index contributed by atoms with van der Waals surface area (Å²) in [5.41, 5.74) is 5.45.